The molecule has 1 rings (SSSR count). The number of hydrogen-bond acceptors (Lipinski definition) is 3. The zero-order valence-electron chi connectivity index (χ0n) is 11.9. The van der Waals surface area contributed by atoms with Crippen molar-refractivity contribution in [3.63, 3.8) is 0 Å². The van der Waals surface area contributed by atoms with Crippen LogP contribution in [0.25, 0.3) is 0 Å². The fraction of sp³-hybridized carbons (Fsp3) is 0.571. The maximum atomic E-state index is 10.3. The first-order valence-electron chi connectivity index (χ1n) is 6.27. The molecule has 0 radical (unpaired) electrons. The van der Waals surface area contributed by atoms with E-state index in [1.54, 1.807) is 0 Å². The summed E-state index contributed by atoms with van der Waals surface area (Å²) in [6.45, 7) is 5.13. The molecule has 0 heterocycles. The van der Waals surface area contributed by atoms with Crippen LogP contribution in [0.5, 0.6) is 0 Å². The molecule has 0 aliphatic rings. The van der Waals surface area contributed by atoms with E-state index in [4.69, 9.17) is 0 Å². The summed E-state index contributed by atoms with van der Waals surface area (Å²) in [6, 6.07) is 6.31. The number of aliphatic hydroxyl groups is 1. The van der Waals surface area contributed by atoms with Gasteiger partial charge in [-0.2, -0.15) is 0 Å². The Morgan fingerprint density at radius 2 is 2.00 bits per heavy atom. The number of halogens is 2. The maximum absolute atomic E-state index is 10.3. The highest BCUT2D eigenvalue weighted by Gasteiger charge is 2.22. The van der Waals surface area contributed by atoms with Gasteiger partial charge in [0.15, 0.2) is 0 Å². The summed E-state index contributed by atoms with van der Waals surface area (Å²) >= 11 is 7.02. The molecule has 0 aliphatic heterocycles. The van der Waals surface area contributed by atoms with E-state index in [0.29, 0.717) is 13.1 Å². The van der Waals surface area contributed by atoms with Gasteiger partial charge in [0.1, 0.15) is 0 Å². The normalized spacial score (nSPS) is 16.4. The lowest BCUT2D eigenvalue weighted by atomic mass is 10.0. The average Bonchev–Trinajstić information content (AvgIpc) is 2.24. The van der Waals surface area contributed by atoms with Gasteiger partial charge in [0.25, 0.3) is 0 Å². The Balaban J connectivity index is 2.62. The van der Waals surface area contributed by atoms with Crippen molar-refractivity contribution in [3.8, 4) is 0 Å². The minimum atomic E-state index is -0.737. The van der Waals surface area contributed by atoms with Crippen molar-refractivity contribution in [2.24, 2.45) is 0 Å². The van der Waals surface area contributed by atoms with E-state index < -0.39 is 5.60 Å². The second kappa shape index (κ2) is 7.18. The van der Waals surface area contributed by atoms with E-state index in [1.807, 2.05) is 38.1 Å². The third-order valence-electron chi connectivity index (χ3n) is 2.87. The highest BCUT2D eigenvalue weighted by atomic mass is 79.9. The van der Waals surface area contributed by atoms with Gasteiger partial charge in [-0.1, -0.05) is 37.9 Å². The second-order valence-electron chi connectivity index (χ2n) is 5.50. The van der Waals surface area contributed by atoms with Crippen LogP contribution < -0.4 is 5.32 Å². The fourth-order valence-corrected chi connectivity index (χ4v) is 3.46. The van der Waals surface area contributed by atoms with Crippen LogP contribution in [0.15, 0.2) is 27.1 Å². The van der Waals surface area contributed by atoms with Crippen LogP contribution in [0, 0.1) is 0 Å². The number of benzene rings is 1. The predicted octanol–water partition coefficient (Wildman–Crippen LogP) is 3.17. The fourth-order valence-electron chi connectivity index (χ4n) is 2.07. The minimum Gasteiger partial charge on any atom is -0.388 e. The number of nitrogens with one attached hydrogen (secondary N) is 1. The first kappa shape index (κ1) is 17.1. The van der Waals surface area contributed by atoms with Gasteiger partial charge in [0.2, 0.25) is 0 Å². The molecule has 2 atom stereocenters. The molecule has 1 aromatic carbocycles. The van der Waals surface area contributed by atoms with E-state index in [0.717, 1.165) is 8.95 Å². The van der Waals surface area contributed by atoms with Crippen LogP contribution in [0.3, 0.4) is 0 Å². The van der Waals surface area contributed by atoms with Crippen LogP contribution in [0.4, 0.5) is 0 Å². The van der Waals surface area contributed by atoms with Crippen LogP contribution in [-0.2, 0) is 0 Å². The number of nitrogens with zero attached hydrogens (tertiary/aromatic N) is 1. The van der Waals surface area contributed by atoms with Crippen molar-refractivity contribution in [2.75, 3.05) is 27.2 Å². The second-order valence-corrected chi connectivity index (χ2v) is 7.27. The summed E-state index contributed by atoms with van der Waals surface area (Å²) in [5, 5.41) is 13.7. The lowest BCUT2D eigenvalue weighted by Crippen LogP contribution is -2.46. The Bertz CT molecular complexity index is 422. The van der Waals surface area contributed by atoms with Gasteiger partial charge >= 0.3 is 0 Å². The summed E-state index contributed by atoms with van der Waals surface area (Å²) < 4.78 is 2.11. The van der Waals surface area contributed by atoms with Crippen LogP contribution in [0.2, 0.25) is 0 Å². The number of likely N-dealkylation sites (N-methyl/N-ethyl adjacent to an activating group) is 1. The van der Waals surface area contributed by atoms with Gasteiger partial charge in [0, 0.05) is 28.1 Å². The Hall–Kier alpha value is 0.0600. The highest BCUT2D eigenvalue weighted by Crippen LogP contribution is 2.26. The third-order valence-corrected chi connectivity index (χ3v) is 4.05. The van der Waals surface area contributed by atoms with Crippen molar-refractivity contribution in [1.29, 1.82) is 0 Å². The average molecular weight is 394 g/mol. The van der Waals surface area contributed by atoms with Crippen molar-refractivity contribution in [3.05, 3.63) is 32.7 Å². The Labute approximate surface area is 132 Å². The lowest BCUT2D eigenvalue weighted by molar-refractivity contribution is 0.0317. The van der Waals surface area contributed by atoms with Crippen molar-refractivity contribution < 1.29 is 5.11 Å². The number of rotatable bonds is 6. The molecule has 0 aliphatic carbocycles. The molecular formula is C14H22Br2N2O. The van der Waals surface area contributed by atoms with Crippen molar-refractivity contribution >= 4 is 31.9 Å². The van der Waals surface area contributed by atoms with E-state index in [2.05, 4.69) is 50.2 Å². The molecule has 0 saturated heterocycles. The summed E-state index contributed by atoms with van der Waals surface area (Å²) in [6.07, 6.45) is 0. The Kier molecular flexibility index (Phi) is 6.47. The largest absolute Gasteiger partial charge is 0.388 e. The predicted molar refractivity (Wildman–Crippen MR) is 87.4 cm³/mol. The molecule has 0 aromatic heterocycles. The SMILES string of the molecule is CC(NCC(C)(O)CN(C)C)c1ccc(Br)cc1Br. The molecule has 0 amide bonds. The standard InChI is InChI=1S/C14H22Br2N2O/c1-10(12-6-5-11(15)7-13(12)16)17-8-14(2,19)9-18(3)4/h5-7,10,17,19H,8-9H2,1-4H3. The molecule has 108 valence electrons. The number of hydrogen-bond donors (Lipinski definition) is 2. The lowest BCUT2D eigenvalue weighted by Gasteiger charge is -2.29. The first-order chi connectivity index (χ1) is 8.71. The van der Waals surface area contributed by atoms with Gasteiger partial charge in [0.05, 0.1) is 5.60 Å². The molecule has 0 spiro atoms. The van der Waals surface area contributed by atoms with Crippen LogP contribution in [0.1, 0.15) is 25.5 Å². The molecule has 0 fully saturated rings. The molecule has 2 unspecified atom stereocenters. The van der Waals surface area contributed by atoms with Gasteiger partial charge in [-0.05, 0) is 45.6 Å². The molecule has 0 bridgehead atoms. The van der Waals surface area contributed by atoms with E-state index in [9.17, 15) is 5.11 Å². The molecular weight excluding hydrogens is 372 g/mol. The highest BCUT2D eigenvalue weighted by molar-refractivity contribution is 9.11. The zero-order chi connectivity index (χ0) is 14.6. The molecule has 19 heavy (non-hydrogen) atoms. The quantitative estimate of drug-likeness (QED) is 0.779. The summed E-state index contributed by atoms with van der Waals surface area (Å²) in [5.74, 6) is 0. The van der Waals surface area contributed by atoms with Crippen molar-refractivity contribution in [1.82, 2.24) is 10.2 Å². The van der Waals surface area contributed by atoms with E-state index in [1.165, 1.54) is 5.56 Å². The van der Waals surface area contributed by atoms with E-state index in [-0.39, 0.29) is 6.04 Å². The summed E-state index contributed by atoms with van der Waals surface area (Å²) in [4.78, 5) is 1.99. The van der Waals surface area contributed by atoms with Crippen LogP contribution >= 0.6 is 31.9 Å². The van der Waals surface area contributed by atoms with E-state index >= 15 is 0 Å². The zero-order valence-corrected chi connectivity index (χ0v) is 15.0. The molecule has 3 nitrogen and oxygen atoms in total. The Morgan fingerprint density at radius 3 is 2.53 bits per heavy atom. The van der Waals surface area contributed by atoms with Crippen molar-refractivity contribution in [2.45, 2.75) is 25.5 Å². The molecule has 5 heteroatoms. The molecule has 2 N–H and O–H groups in total. The third kappa shape index (κ3) is 5.92. The van der Waals surface area contributed by atoms with Gasteiger partial charge < -0.3 is 15.3 Å². The monoisotopic (exact) mass is 392 g/mol. The smallest absolute Gasteiger partial charge is 0.0869 e. The topological polar surface area (TPSA) is 35.5 Å². The van der Waals surface area contributed by atoms with Crippen LogP contribution in [-0.4, -0.2) is 42.8 Å². The maximum Gasteiger partial charge on any atom is 0.0869 e. The van der Waals surface area contributed by atoms with Gasteiger partial charge in [-0.3, -0.25) is 0 Å². The molecule has 0 saturated carbocycles. The molecule has 1 aromatic rings. The Morgan fingerprint density at radius 1 is 1.37 bits per heavy atom. The summed E-state index contributed by atoms with van der Waals surface area (Å²) in [5.41, 5.74) is 0.448. The summed E-state index contributed by atoms with van der Waals surface area (Å²) in [7, 11) is 3.92. The van der Waals surface area contributed by atoms with Gasteiger partial charge in [-0.25, -0.2) is 0 Å². The first-order valence-corrected chi connectivity index (χ1v) is 7.85. The minimum absolute atomic E-state index is 0.177. The van der Waals surface area contributed by atoms with Gasteiger partial charge in [-0.15, -0.1) is 0 Å².